The molecule has 2 aromatic carbocycles. The minimum absolute atomic E-state index is 0.181. The number of ether oxygens (including phenoxy) is 2. The Bertz CT molecular complexity index is 875. The summed E-state index contributed by atoms with van der Waals surface area (Å²) in [6.45, 7) is 0.508. The number of benzene rings is 2. The van der Waals surface area contributed by atoms with Crippen molar-refractivity contribution in [3.8, 4) is 17.2 Å². The molecule has 3 aromatic rings. The second kappa shape index (κ2) is 8.20. The van der Waals surface area contributed by atoms with E-state index in [-0.39, 0.29) is 5.91 Å². The summed E-state index contributed by atoms with van der Waals surface area (Å²) in [6, 6.07) is 15.0. The molecule has 6 heteroatoms. The van der Waals surface area contributed by atoms with Crippen molar-refractivity contribution in [2.24, 2.45) is 0 Å². The summed E-state index contributed by atoms with van der Waals surface area (Å²) in [5.74, 6) is 0.949. The van der Waals surface area contributed by atoms with E-state index in [9.17, 15) is 4.79 Å². The van der Waals surface area contributed by atoms with Gasteiger partial charge in [-0.3, -0.25) is 4.79 Å². The van der Waals surface area contributed by atoms with E-state index in [1.165, 1.54) is 7.11 Å². The summed E-state index contributed by atoms with van der Waals surface area (Å²) in [5, 5.41) is 7.27. The van der Waals surface area contributed by atoms with Gasteiger partial charge >= 0.3 is 0 Å². The smallest absolute Gasteiger partial charge is 0.255 e. The van der Waals surface area contributed by atoms with Crippen LogP contribution in [0.1, 0.15) is 15.9 Å². The highest BCUT2D eigenvalue weighted by Crippen LogP contribution is 2.24. The van der Waals surface area contributed by atoms with Crippen LogP contribution < -0.4 is 14.8 Å². The van der Waals surface area contributed by atoms with Gasteiger partial charge in [0.25, 0.3) is 5.91 Å². The highest BCUT2D eigenvalue weighted by molar-refractivity contribution is 5.97. The van der Waals surface area contributed by atoms with Crippen LogP contribution in [0.5, 0.6) is 11.5 Å². The van der Waals surface area contributed by atoms with Gasteiger partial charge in [-0.1, -0.05) is 18.2 Å². The molecule has 134 valence electrons. The van der Waals surface area contributed by atoms with Crippen molar-refractivity contribution >= 4 is 5.91 Å². The Morgan fingerprint density at radius 1 is 1.12 bits per heavy atom. The van der Waals surface area contributed by atoms with Crippen molar-refractivity contribution in [1.82, 2.24) is 15.1 Å². The molecule has 26 heavy (non-hydrogen) atoms. The third-order valence-corrected chi connectivity index (χ3v) is 4.01. The predicted octanol–water partition coefficient (Wildman–Crippen LogP) is 2.86. The van der Waals surface area contributed by atoms with Crippen molar-refractivity contribution in [3.05, 3.63) is 72.1 Å². The number of hydrogen-bond donors (Lipinski definition) is 1. The van der Waals surface area contributed by atoms with Crippen molar-refractivity contribution in [3.63, 3.8) is 0 Å². The first-order valence-corrected chi connectivity index (χ1v) is 8.30. The molecule has 0 atom stereocenters. The van der Waals surface area contributed by atoms with Crippen molar-refractivity contribution in [1.29, 1.82) is 0 Å². The Labute approximate surface area is 152 Å². The maximum Gasteiger partial charge on any atom is 0.255 e. The average molecular weight is 351 g/mol. The van der Waals surface area contributed by atoms with Gasteiger partial charge in [-0.05, 0) is 36.2 Å². The van der Waals surface area contributed by atoms with Crippen molar-refractivity contribution in [2.45, 2.75) is 6.42 Å². The fourth-order valence-electron chi connectivity index (χ4n) is 2.61. The van der Waals surface area contributed by atoms with Gasteiger partial charge in [0.1, 0.15) is 11.5 Å². The monoisotopic (exact) mass is 351 g/mol. The Balaban J connectivity index is 1.58. The zero-order chi connectivity index (χ0) is 18.4. The molecule has 0 bridgehead atoms. The van der Waals surface area contributed by atoms with Gasteiger partial charge in [-0.2, -0.15) is 5.10 Å². The minimum atomic E-state index is -0.181. The molecule has 1 amide bonds. The molecule has 0 aliphatic carbocycles. The number of methoxy groups -OCH3 is 2. The van der Waals surface area contributed by atoms with Gasteiger partial charge in [0.15, 0.2) is 0 Å². The largest absolute Gasteiger partial charge is 0.497 e. The van der Waals surface area contributed by atoms with Crippen LogP contribution in [0.15, 0.2) is 60.9 Å². The van der Waals surface area contributed by atoms with Crippen molar-refractivity contribution < 1.29 is 14.3 Å². The van der Waals surface area contributed by atoms with Crippen LogP contribution in [-0.2, 0) is 6.42 Å². The number of amides is 1. The van der Waals surface area contributed by atoms with Crippen LogP contribution in [0.4, 0.5) is 0 Å². The molecule has 0 unspecified atom stereocenters. The fraction of sp³-hybridized carbons (Fsp3) is 0.200. The Morgan fingerprint density at radius 2 is 1.92 bits per heavy atom. The van der Waals surface area contributed by atoms with Gasteiger partial charge < -0.3 is 14.8 Å². The summed E-state index contributed by atoms with van der Waals surface area (Å²) in [7, 11) is 3.10. The van der Waals surface area contributed by atoms with Crippen LogP contribution in [0, 0.1) is 0 Å². The molecule has 3 rings (SSSR count). The standard InChI is InChI=1S/C20H21N3O3/c1-25-17-8-9-18(19(12-17)26-2)20(24)21-11-10-15-13-22-23(14-15)16-6-4-3-5-7-16/h3-9,12-14H,10-11H2,1-2H3,(H,21,24). The van der Waals surface area contributed by atoms with Crippen LogP contribution in [-0.4, -0.2) is 36.5 Å². The predicted molar refractivity (Wildman–Crippen MR) is 99.1 cm³/mol. The SMILES string of the molecule is COc1ccc(C(=O)NCCc2cnn(-c3ccccc3)c2)c(OC)c1. The van der Waals surface area contributed by atoms with Crippen LogP contribution in [0.25, 0.3) is 5.69 Å². The van der Waals surface area contributed by atoms with Crippen LogP contribution in [0.2, 0.25) is 0 Å². The molecular formula is C20H21N3O3. The molecule has 0 fully saturated rings. The molecule has 6 nitrogen and oxygen atoms in total. The Morgan fingerprint density at radius 3 is 2.65 bits per heavy atom. The number of para-hydroxylation sites is 1. The third-order valence-electron chi connectivity index (χ3n) is 4.01. The summed E-state index contributed by atoms with van der Waals surface area (Å²) in [6.07, 6.45) is 4.47. The lowest BCUT2D eigenvalue weighted by Gasteiger charge is -2.10. The van der Waals surface area contributed by atoms with Gasteiger partial charge in [-0.25, -0.2) is 4.68 Å². The molecule has 0 spiro atoms. The van der Waals surface area contributed by atoms with Gasteiger partial charge in [0.05, 0.1) is 31.7 Å². The summed E-state index contributed by atoms with van der Waals surface area (Å²) < 4.78 is 12.2. The highest BCUT2D eigenvalue weighted by Gasteiger charge is 2.13. The zero-order valence-electron chi connectivity index (χ0n) is 14.8. The first-order chi connectivity index (χ1) is 12.7. The third kappa shape index (κ3) is 4.03. The Kier molecular flexibility index (Phi) is 5.53. The topological polar surface area (TPSA) is 65.4 Å². The highest BCUT2D eigenvalue weighted by atomic mass is 16.5. The van der Waals surface area contributed by atoms with Crippen LogP contribution in [0.3, 0.4) is 0 Å². The molecule has 1 heterocycles. The van der Waals surface area contributed by atoms with Crippen molar-refractivity contribution in [2.75, 3.05) is 20.8 Å². The van der Waals surface area contributed by atoms with E-state index in [0.29, 0.717) is 30.0 Å². The lowest BCUT2D eigenvalue weighted by atomic mass is 10.1. The van der Waals surface area contributed by atoms with E-state index in [1.54, 1.807) is 25.3 Å². The van der Waals surface area contributed by atoms with E-state index in [4.69, 9.17) is 9.47 Å². The number of rotatable bonds is 7. The molecule has 1 N–H and O–H groups in total. The number of carbonyl (C=O) groups excluding carboxylic acids is 1. The molecule has 0 saturated heterocycles. The van der Waals surface area contributed by atoms with E-state index >= 15 is 0 Å². The number of nitrogens with zero attached hydrogens (tertiary/aromatic N) is 2. The molecule has 0 aliphatic heterocycles. The molecule has 1 aromatic heterocycles. The second-order valence-corrected chi connectivity index (χ2v) is 5.70. The van der Waals surface area contributed by atoms with E-state index in [2.05, 4.69) is 10.4 Å². The Hall–Kier alpha value is -3.28. The molecule has 0 aliphatic rings. The van der Waals surface area contributed by atoms with Gasteiger partial charge in [-0.15, -0.1) is 0 Å². The second-order valence-electron chi connectivity index (χ2n) is 5.70. The zero-order valence-corrected chi connectivity index (χ0v) is 14.8. The van der Waals surface area contributed by atoms with E-state index in [1.807, 2.05) is 47.4 Å². The normalized spacial score (nSPS) is 10.4. The molecule has 0 radical (unpaired) electrons. The quantitative estimate of drug-likeness (QED) is 0.711. The van der Waals surface area contributed by atoms with Gasteiger partial charge in [0, 0.05) is 18.8 Å². The first kappa shape index (κ1) is 17.5. The van der Waals surface area contributed by atoms with Gasteiger partial charge in [0.2, 0.25) is 0 Å². The van der Waals surface area contributed by atoms with E-state index in [0.717, 1.165) is 11.3 Å². The van der Waals surface area contributed by atoms with Crippen LogP contribution >= 0.6 is 0 Å². The minimum Gasteiger partial charge on any atom is -0.497 e. The lowest BCUT2D eigenvalue weighted by Crippen LogP contribution is -2.26. The maximum absolute atomic E-state index is 12.4. The number of hydrogen-bond acceptors (Lipinski definition) is 4. The first-order valence-electron chi connectivity index (χ1n) is 8.30. The summed E-state index contributed by atoms with van der Waals surface area (Å²) in [4.78, 5) is 12.4. The molecule has 0 saturated carbocycles. The number of carbonyl (C=O) groups is 1. The van der Waals surface area contributed by atoms with E-state index < -0.39 is 0 Å². The number of nitrogens with one attached hydrogen (secondary N) is 1. The summed E-state index contributed by atoms with van der Waals surface area (Å²) in [5.41, 5.74) is 2.54. The lowest BCUT2D eigenvalue weighted by molar-refractivity contribution is 0.0951. The number of aromatic nitrogens is 2. The molecular weight excluding hydrogens is 330 g/mol. The fourth-order valence-corrected chi connectivity index (χ4v) is 2.61. The maximum atomic E-state index is 12.4. The summed E-state index contributed by atoms with van der Waals surface area (Å²) >= 11 is 0. The average Bonchev–Trinajstić information content (AvgIpc) is 3.17.